The topological polar surface area (TPSA) is 43.8 Å². The number of benzene rings is 1. The Labute approximate surface area is 164 Å². The van der Waals surface area contributed by atoms with Gasteiger partial charge in [0, 0.05) is 25.6 Å². The zero-order valence-corrected chi connectivity index (χ0v) is 17.3. The van der Waals surface area contributed by atoms with Crippen molar-refractivity contribution in [1.82, 2.24) is 9.80 Å². The van der Waals surface area contributed by atoms with Crippen molar-refractivity contribution < 1.29 is 9.90 Å². The maximum Gasteiger partial charge on any atom is 0.251 e. The third kappa shape index (κ3) is 5.32. The third-order valence-electron chi connectivity index (χ3n) is 6.63. The highest BCUT2D eigenvalue weighted by atomic mass is 16.3. The van der Waals surface area contributed by atoms with Crippen LogP contribution in [0.1, 0.15) is 55.7 Å². The van der Waals surface area contributed by atoms with Gasteiger partial charge in [-0.15, -0.1) is 0 Å². The molecule has 2 aliphatic heterocycles. The van der Waals surface area contributed by atoms with Gasteiger partial charge in [0.25, 0.3) is 5.91 Å². The Morgan fingerprint density at radius 1 is 1.07 bits per heavy atom. The van der Waals surface area contributed by atoms with Crippen LogP contribution in [0.3, 0.4) is 0 Å². The third-order valence-corrected chi connectivity index (χ3v) is 6.63. The second-order valence-corrected chi connectivity index (χ2v) is 8.77. The summed E-state index contributed by atoms with van der Waals surface area (Å²) < 4.78 is 0. The fourth-order valence-corrected chi connectivity index (χ4v) is 4.55. The van der Waals surface area contributed by atoms with E-state index in [0.29, 0.717) is 12.5 Å². The summed E-state index contributed by atoms with van der Waals surface area (Å²) in [6, 6.07) is 6.77. The summed E-state index contributed by atoms with van der Waals surface area (Å²) in [5.41, 5.74) is 3.48. The van der Waals surface area contributed by atoms with Gasteiger partial charge in [-0.3, -0.25) is 4.79 Å². The number of aliphatic hydroxyl groups excluding tert-OH is 1. The predicted octanol–water partition coefficient (Wildman–Crippen LogP) is 3.32. The SMILES string of the molecule is Cc1ccc(C[C@@H](O)C(=O)N2CCC(N3CCCC(C)CC3)CC2)cc1C. The van der Waals surface area contributed by atoms with Gasteiger partial charge >= 0.3 is 0 Å². The molecule has 0 radical (unpaired) electrons. The molecule has 1 N–H and O–H groups in total. The summed E-state index contributed by atoms with van der Waals surface area (Å²) in [7, 11) is 0. The lowest BCUT2D eigenvalue weighted by Crippen LogP contribution is -2.49. The van der Waals surface area contributed by atoms with E-state index in [2.05, 4.69) is 37.8 Å². The number of hydrogen-bond acceptors (Lipinski definition) is 3. The fourth-order valence-electron chi connectivity index (χ4n) is 4.55. The van der Waals surface area contributed by atoms with E-state index in [0.717, 1.165) is 37.4 Å². The number of aliphatic hydroxyl groups is 1. The number of carbonyl (C=O) groups excluding carboxylic acids is 1. The molecule has 27 heavy (non-hydrogen) atoms. The maximum atomic E-state index is 12.7. The summed E-state index contributed by atoms with van der Waals surface area (Å²) in [6.45, 7) is 10.5. The molecule has 150 valence electrons. The number of piperidine rings is 1. The van der Waals surface area contributed by atoms with Gasteiger partial charge in [0.05, 0.1) is 0 Å². The van der Waals surface area contributed by atoms with E-state index in [9.17, 15) is 9.90 Å². The van der Waals surface area contributed by atoms with Crippen LogP contribution in [0.5, 0.6) is 0 Å². The molecule has 2 aliphatic rings. The molecule has 0 aromatic heterocycles. The highest BCUT2D eigenvalue weighted by molar-refractivity contribution is 5.81. The second kappa shape index (κ2) is 9.20. The van der Waals surface area contributed by atoms with Gasteiger partial charge in [-0.25, -0.2) is 0 Å². The van der Waals surface area contributed by atoms with Gasteiger partial charge < -0.3 is 14.9 Å². The largest absolute Gasteiger partial charge is 0.383 e. The Kier molecular flexibility index (Phi) is 6.93. The van der Waals surface area contributed by atoms with E-state index < -0.39 is 6.10 Å². The smallest absolute Gasteiger partial charge is 0.251 e. The lowest BCUT2D eigenvalue weighted by atomic mass is 9.99. The molecule has 1 unspecified atom stereocenters. The molecule has 0 bridgehead atoms. The van der Waals surface area contributed by atoms with Crippen LogP contribution in [-0.2, 0) is 11.2 Å². The fraction of sp³-hybridized carbons (Fsp3) is 0.696. The predicted molar refractivity (Wildman–Crippen MR) is 110 cm³/mol. The first kappa shape index (κ1) is 20.3. The number of likely N-dealkylation sites (tertiary alicyclic amines) is 2. The van der Waals surface area contributed by atoms with Gasteiger partial charge in [0.15, 0.2) is 0 Å². The molecule has 3 rings (SSSR count). The average molecular weight is 373 g/mol. The molecule has 1 aromatic rings. The molecule has 0 saturated carbocycles. The van der Waals surface area contributed by atoms with Crippen molar-refractivity contribution in [3.63, 3.8) is 0 Å². The standard InChI is InChI=1S/C23H36N2O2/c1-17-5-4-11-24(12-8-17)21-9-13-25(14-10-21)23(27)22(26)16-20-7-6-18(2)19(3)15-20/h6-7,15,17,21-22,26H,4-5,8-14,16H2,1-3H3/t17?,22-/m1/s1. The van der Waals surface area contributed by atoms with Crippen LogP contribution in [0.4, 0.5) is 0 Å². The monoisotopic (exact) mass is 372 g/mol. The zero-order chi connectivity index (χ0) is 19.4. The van der Waals surface area contributed by atoms with Crippen molar-refractivity contribution in [3.05, 3.63) is 34.9 Å². The molecule has 0 spiro atoms. The van der Waals surface area contributed by atoms with E-state index in [1.54, 1.807) is 0 Å². The summed E-state index contributed by atoms with van der Waals surface area (Å²) in [5.74, 6) is 0.744. The van der Waals surface area contributed by atoms with Crippen molar-refractivity contribution in [1.29, 1.82) is 0 Å². The van der Waals surface area contributed by atoms with Gasteiger partial charge in [-0.05, 0) is 81.6 Å². The van der Waals surface area contributed by atoms with Crippen molar-refractivity contribution in [2.45, 2.75) is 71.4 Å². The highest BCUT2D eigenvalue weighted by Crippen LogP contribution is 2.23. The molecule has 2 saturated heterocycles. The molecule has 1 amide bonds. The summed E-state index contributed by atoms with van der Waals surface area (Å²) in [4.78, 5) is 17.2. The van der Waals surface area contributed by atoms with Crippen molar-refractivity contribution in [2.75, 3.05) is 26.2 Å². The van der Waals surface area contributed by atoms with Crippen LogP contribution in [-0.4, -0.2) is 59.1 Å². The molecular formula is C23H36N2O2. The van der Waals surface area contributed by atoms with Crippen LogP contribution in [0.15, 0.2) is 18.2 Å². The number of rotatable bonds is 4. The minimum Gasteiger partial charge on any atom is -0.383 e. The van der Waals surface area contributed by atoms with Crippen LogP contribution in [0, 0.1) is 19.8 Å². The lowest BCUT2D eigenvalue weighted by Gasteiger charge is -2.38. The Balaban J connectivity index is 1.49. The van der Waals surface area contributed by atoms with Crippen LogP contribution >= 0.6 is 0 Å². The molecule has 2 fully saturated rings. The number of nitrogens with zero attached hydrogens (tertiary/aromatic N) is 2. The molecule has 4 nitrogen and oxygen atoms in total. The first-order valence-electron chi connectivity index (χ1n) is 10.7. The number of hydrogen-bond donors (Lipinski definition) is 1. The van der Waals surface area contributed by atoms with E-state index >= 15 is 0 Å². The molecule has 2 atom stereocenters. The quantitative estimate of drug-likeness (QED) is 0.882. The normalized spacial score (nSPS) is 23.9. The highest BCUT2D eigenvalue weighted by Gasteiger charge is 2.30. The molecule has 4 heteroatoms. The van der Waals surface area contributed by atoms with Gasteiger partial charge in [-0.2, -0.15) is 0 Å². The molecule has 2 heterocycles. The maximum absolute atomic E-state index is 12.7. The average Bonchev–Trinajstić information content (AvgIpc) is 2.89. The van der Waals surface area contributed by atoms with Crippen molar-refractivity contribution in [3.8, 4) is 0 Å². The number of amides is 1. The first-order valence-corrected chi connectivity index (χ1v) is 10.7. The Bertz CT molecular complexity index is 637. The molecule has 1 aromatic carbocycles. The minimum absolute atomic E-state index is 0.101. The van der Waals surface area contributed by atoms with Gasteiger partial charge in [0.2, 0.25) is 0 Å². The zero-order valence-electron chi connectivity index (χ0n) is 17.3. The first-order chi connectivity index (χ1) is 12.9. The summed E-state index contributed by atoms with van der Waals surface area (Å²) >= 11 is 0. The van der Waals surface area contributed by atoms with Crippen LogP contribution in [0.2, 0.25) is 0 Å². The van der Waals surface area contributed by atoms with Gasteiger partial charge in [0.1, 0.15) is 6.10 Å². The van der Waals surface area contributed by atoms with Crippen molar-refractivity contribution in [2.24, 2.45) is 5.92 Å². The summed E-state index contributed by atoms with van der Waals surface area (Å²) in [6.07, 6.45) is 5.50. The number of carbonyl (C=O) groups is 1. The van der Waals surface area contributed by atoms with E-state index in [1.165, 1.54) is 43.5 Å². The van der Waals surface area contributed by atoms with E-state index in [1.807, 2.05) is 11.0 Å². The minimum atomic E-state index is -0.928. The summed E-state index contributed by atoms with van der Waals surface area (Å²) in [5, 5.41) is 10.5. The molecule has 0 aliphatic carbocycles. The van der Waals surface area contributed by atoms with Crippen LogP contribution < -0.4 is 0 Å². The van der Waals surface area contributed by atoms with Crippen molar-refractivity contribution >= 4 is 5.91 Å². The Morgan fingerprint density at radius 2 is 1.81 bits per heavy atom. The number of aryl methyl sites for hydroxylation is 2. The van der Waals surface area contributed by atoms with E-state index in [-0.39, 0.29) is 5.91 Å². The Morgan fingerprint density at radius 3 is 2.52 bits per heavy atom. The van der Waals surface area contributed by atoms with E-state index in [4.69, 9.17) is 0 Å². The lowest BCUT2D eigenvalue weighted by molar-refractivity contribution is -0.141. The second-order valence-electron chi connectivity index (χ2n) is 8.77. The Hall–Kier alpha value is -1.39. The van der Waals surface area contributed by atoms with Gasteiger partial charge in [-0.1, -0.05) is 25.1 Å². The molecular weight excluding hydrogens is 336 g/mol. The van der Waals surface area contributed by atoms with Crippen LogP contribution in [0.25, 0.3) is 0 Å².